The zero-order valence-corrected chi connectivity index (χ0v) is 14.0. The molecule has 0 saturated carbocycles. The van der Waals surface area contributed by atoms with E-state index in [2.05, 4.69) is 0 Å². The van der Waals surface area contributed by atoms with Gasteiger partial charge in [0.2, 0.25) is 5.91 Å². The summed E-state index contributed by atoms with van der Waals surface area (Å²) in [6.07, 6.45) is 3.79. The van der Waals surface area contributed by atoms with Crippen molar-refractivity contribution in [2.45, 2.75) is 44.6 Å². The number of benzene rings is 1. The predicted molar refractivity (Wildman–Crippen MR) is 88.9 cm³/mol. The van der Waals surface area contributed by atoms with E-state index in [-0.39, 0.29) is 23.0 Å². The molecule has 6 nitrogen and oxygen atoms in total. The maximum atomic E-state index is 13.1. The van der Waals surface area contributed by atoms with Crippen molar-refractivity contribution in [2.24, 2.45) is 0 Å². The Balaban J connectivity index is 1.95. The molecule has 1 spiro atoms. The molecule has 130 valence electrons. The third-order valence-corrected chi connectivity index (χ3v) is 5.17. The van der Waals surface area contributed by atoms with E-state index >= 15 is 0 Å². The van der Waals surface area contributed by atoms with Crippen LogP contribution in [0.1, 0.15) is 49.4 Å². The number of phenolic OH excluding ortho intramolecular Hbond substituents is 2. The van der Waals surface area contributed by atoms with Crippen LogP contribution in [0, 0.1) is 0 Å². The molecular weight excluding hydrogens is 308 g/mol. The number of piperidine rings is 1. The fourth-order valence-corrected chi connectivity index (χ4v) is 4.09. The molecule has 2 fully saturated rings. The van der Waals surface area contributed by atoms with Gasteiger partial charge in [0, 0.05) is 19.6 Å². The second kappa shape index (κ2) is 6.34. The van der Waals surface area contributed by atoms with E-state index < -0.39 is 11.4 Å². The van der Waals surface area contributed by atoms with Crippen LogP contribution in [0.5, 0.6) is 11.5 Å². The normalized spacial score (nSPS) is 24.0. The van der Waals surface area contributed by atoms with Gasteiger partial charge >= 0.3 is 0 Å². The lowest BCUT2D eigenvalue weighted by atomic mass is 9.85. The number of carbonyl (C=O) groups is 2. The van der Waals surface area contributed by atoms with Gasteiger partial charge in [-0.1, -0.05) is 13.0 Å². The van der Waals surface area contributed by atoms with E-state index in [1.807, 2.05) is 11.8 Å². The molecule has 24 heavy (non-hydrogen) atoms. The largest absolute Gasteiger partial charge is 0.507 e. The second-order valence-corrected chi connectivity index (χ2v) is 6.66. The summed E-state index contributed by atoms with van der Waals surface area (Å²) in [6.45, 7) is 3.94. The predicted octanol–water partition coefficient (Wildman–Crippen LogP) is 2.10. The number of nitrogens with zero attached hydrogens (tertiary/aromatic N) is 2. The number of hydrogen-bond donors (Lipinski definition) is 2. The third kappa shape index (κ3) is 2.50. The molecule has 0 aliphatic carbocycles. The molecule has 0 aromatic heterocycles. The summed E-state index contributed by atoms with van der Waals surface area (Å²) >= 11 is 0. The maximum Gasteiger partial charge on any atom is 0.262 e. The third-order valence-electron chi connectivity index (χ3n) is 5.17. The molecule has 3 rings (SSSR count). The first-order chi connectivity index (χ1) is 11.5. The van der Waals surface area contributed by atoms with E-state index in [1.165, 1.54) is 18.2 Å². The van der Waals surface area contributed by atoms with Crippen LogP contribution in [0.3, 0.4) is 0 Å². The second-order valence-electron chi connectivity index (χ2n) is 6.66. The highest BCUT2D eigenvalue weighted by molar-refractivity contribution is 6.03. The number of carbonyl (C=O) groups excluding carboxylic acids is 2. The lowest BCUT2D eigenvalue weighted by Gasteiger charge is -2.44. The van der Waals surface area contributed by atoms with Crippen LogP contribution in [0.25, 0.3) is 0 Å². The van der Waals surface area contributed by atoms with E-state index in [0.29, 0.717) is 25.9 Å². The lowest BCUT2D eigenvalue weighted by molar-refractivity contribution is -0.145. The number of aromatic hydroxyl groups is 2. The van der Waals surface area contributed by atoms with Gasteiger partial charge in [0.1, 0.15) is 22.6 Å². The Labute approximate surface area is 141 Å². The minimum absolute atomic E-state index is 0.0105. The fraction of sp³-hybridized carbons (Fsp3) is 0.556. The van der Waals surface area contributed by atoms with E-state index in [0.717, 1.165) is 25.8 Å². The summed E-state index contributed by atoms with van der Waals surface area (Å²) < 4.78 is 0. The molecule has 0 radical (unpaired) electrons. The van der Waals surface area contributed by atoms with Crippen LogP contribution in [0.2, 0.25) is 0 Å². The van der Waals surface area contributed by atoms with Gasteiger partial charge in [0.05, 0.1) is 0 Å². The number of rotatable bonds is 3. The fourth-order valence-electron chi connectivity index (χ4n) is 4.09. The van der Waals surface area contributed by atoms with Crippen molar-refractivity contribution in [1.82, 2.24) is 9.80 Å². The lowest BCUT2D eigenvalue weighted by Crippen LogP contribution is -2.61. The Kier molecular flexibility index (Phi) is 4.39. The highest BCUT2D eigenvalue weighted by atomic mass is 16.3. The topological polar surface area (TPSA) is 81.1 Å². The molecule has 1 atom stereocenters. The minimum Gasteiger partial charge on any atom is -0.507 e. The zero-order valence-electron chi connectivity index (χ0n) is 14.0. The minimum atomic E-state index is -0.820. The maximum absolute atomic E-state index is 13.1. The van der Waals surface area contributed by atoms with E-state index in [1.54, 1.807) is 4.90 Å². The molecular formula is C18H24N2O4. The highest BCUT2D eigenvalue weighted by Gasteiger charge is 2.53. The van der Waals surface area contributed by atoms with Crippen LogP contribution in [0.15, 0.2) is 18.2 Å². The molecule has 1 unspecified atom stereocenters. The zero-order chi connectivity index (χ0) is 17.3. The summed E-state index contributed by atoms with van der Waals surface area (Å²) in [6, 6.07) is 4.24. The molecule has 2 aliphatic rings. The van der Waals surface area contributed by atoms with Crippen molar-refractivity contribution in [3.63, 3.8) is 0 Å². The number of hydrogen-bond acceptors (Lipinski definition) is 4. The molecule has 2 aliphatic heterocycles. The summed E-state index contributed by atoms with van der Waals surface area (Å²) in [5.74, 6) is -0.961. The van der Waals surface area contributed by atoms with Gasteiger partial charge in [-0.15, -0.1) is 0 Å². The first-order valence-corrected chi connectivity index (χ1v) is 8.63. The first-order valence-electron chi connectivity index (χ1n) is 8.63. The van der Waals surface area contributed by atoms with Gasteiger partial charge in [-0.2, -0.15) is 0 Å². The average Bonchev–Trinajstić information content (AvgIpc) is 2.96. The molecule has 2 amide bonds. The van der Waals surface area contributed by atoms with Crippen LogP contribution in [0.4, 0.5) is 0 Å². The molecule has 1 aromatic rings. The Morgan fingerprint density at radius 1 is 1.17 bits per heavy atom. The first kappa shape index (κ1) is 16.6. The molecule has 0 bridgehead atoms. The molecule has 2 heterocycles. The summed E-state index contributed by atoms with van der Waals surface area (Å²) in [5, 5.41) is 20.0. The highest BCUT2D eigenvalue weighted by Crippen LogP contribution is 2.41. The van der Waals surface area contributed by atoms with Gasteiger partial charge in [0.15, 0.2) is 0 Å². The Morgan fingerprint density at radius 3 is 2.42 bits per heavy atom. The number of amides is 2. The molecule has 1 aromatic carbocycles. The van der Waals surface area contributed by atoms with Crippen LogP contribution in [-0.2, 0) is 4.79 Å². The van der Waals surface area contributed by atoms with Gasteiger partial charge in [-0.25, -0.2) is 0 Å². The molecule has 2 N–H and O–H groups in total. The number of phenols is 2. The van der Waals surface area contributed by atoms with Gasteiger partial charge < -0.3 is 20.0 Å². The van der Waals surface area contributed by atoms with Crippen molar-refractivity contribution in [3.05, 3.63) is 23.8 Å². The molecule has 6 heteroatoms. The van der Waals surface area contributed by atoms with Gasteiger partial charge in [-0.05, 0) is 44.2 Å². The summed E-state index contributed by atoms with van der Waals surface area (Å²) in [4.78, 5) is 29.5. The Morgan fingerprint density at radius 2 is 1.79 bits per heavy atom. The van der Waals surface area contributed by atoms with Gasteiger partial charge in [-0.3, -0.25) is 9.59 Å². The Hall–Kier alpha value is -2.24. The van der Waals surface area contributed by atoms with E-state index in [9.17, 15) is 19.8 Å². The van der Waals surface area contributed by atoms with Crippen molar-refractivity contribution < 1.29 is 19.8 Å². The smallest absolute Gasteiger partial charge is 0.262 e. The standard InChI is InChI=1S/C18H24N2O4/c1-2-10-19-11-4-8-18(17(19)24)9-5-12-20(18)16(23)15-13(21)6-3-7-14(15)22/h3,6-7,21-22H,2,4-5,8-12H2,1H3. The van der Waals surface area contributed by atoms with Gasteiger partial charge in [0.25, 0.3) is 5.91 Å². The van der Waals surface area contributed by atoms with E-state index in [4.69, 9.17) is 0 Å². The van der Waals surface area contributed by atoms with Crippen LogP contribution < -0.4 is 0 Å². The molecule has 2 saturated heterocycles. The van der Waals surface area contributed by atoms with Crippen molar-refractivity contribution in [3.8, 4) is 11.5 Å². The average molecular weight is 332 g/mol. The number of likely N-dealkylation sites (tertiary alicyclic amines) is 2. The summed E-state index contributed by atoms with van der Waals surface area (Å²) in [5.41, 5.74) is -0.932. The monoisotopic (exact) mass is 332 g/mol. The van der Waals surface area contributed by atoms with Crippen LogP contribution >= 0.6 is 0 Å². The quantitative estimate of drug-likeness (QED) is 0.888. The van der Waals surface area contributed by atoms with Crippen molar-refractivity contribution >= 4 is 11.8 Å². The van der Waals surface area contributed by atoms with Crippen molar-refractivity contribution in [2.75, 3.05) is 19.6 Å². The Bertz CT molecular complexity index is 638. The summed E-state index contributed by atoms with van der Waals surface area (Å²) in [7, 11) is 0. The van der Waals surface area contributed by atoms with Crippen LogP contribution in [-0.4, -0.2) is 57.0 Å². The van der Waals surface area contributed by atoms with Crippen molar-refractivity contribution in [1.29, 1.82) is 0 Å². The SMILES string of the molecule is CCCN1CCCC2(CCCN2C(=O)c2c(O)cccc2O)C1=O.